The van der Waals surface area contributed by atoms with Gasteiger partial charge >= 0.3 is 0 Å². The summed E-state index contributed by atoms with van der Waals surface area (Å²) in [5, 5.41) is 5.60. The van der Waals surface area contributed by atoms with E-state index in [0.29, 0.717) is 24.5 Å². The molecule has 10 heteroatoms. The first-order valence-electron chi connectivity index (χ1n) is 12.9. The van der Waals surface area contributed by atoms with E-state index in [-0.39, 0.29) is 42.6 Å². The molecule has 0 aliphatic carbocycles. The Morgan fingerprint density at radius 3 is 2.49 bits per heavy atom. The van der Waals surface area contributed by atoms with E-state index in [2.05, 4.69) is 34.5 Å². The molecule has 0 saturated heterocycles. The molecule has 4 N–H and O–H groups in total. The van der Waals surface area contributed by atoms with Crippen molar-refractivity contribution < 1.29 is 19.1 Å². The number of guanidine groups is 1. The number of aromatic nitrogens is 2. The Bertz CT molecular complexity index is 1300. The molecule has 3 rings (SSSR count). The Morgan fingerprint density at radius 2 is 1.82 bits per heavy atom. The van der Waals surface area contributed by atoms with E-state index in [1.165, 1.54) is 7.11 Å². The van der Waals surface area contributed by atoms with Crippen LogP contribution in [0.4, 0.5) is 0 Å². The molecule has 0 unspecified atom stereocenters. The van der Waals surface area contributed by atoms with Crippen LogP contribution >= 0.6 is 0 Å². The number of amides is 2. The molecule has 10 nitrogen and oxygen atoms in total. The fourth-order valence-electron chi connectivity index (χ4n) is 4.27. The lowest BCUT2D eigenvalue weighted by atomic mass is 10.0. The first-order valence-corrected chi connectivity index (χ1v) is 12.9. The normalized spacial score (nSPS) is 12.2. The van der Waals surface area contributed by atoms with Crippen molar-refractivity contribution >= 4 is 17.8 Å². The second-order valence-electron chi connectivity index (χ2n) is 9.71. The lowest BCUT2D eigenvalue weighted by Crippen LogP contribution is -2.39. The summed E-state index contributed by atoms with van der Waals surface area (Å²) in [5.74, 6) is 1.83. The average molecular weight is 535 g/mol. The molecule has 2 aromatic carbocycles. The van der Waals surface area contributed by atoms with E-state index in [1.54, 1.807) is 31.5 Å². The number of benzene rings is 2. The number of nitrogens with zero attached hydrogens (tertiary/aromatic N) is 3. The zero-order chi connectivity index (χ0) is 28.4. The number of imidazole rings is 1. The molecule has 39 heavy (non-hydrogen) atoms. The molecule has 0 saturated carbocycles. The third-order valence-electron chi connectivity index (χ3n) is 6.07. The summed E-state index contributed by atoms with van der Waals surface area (Å²) in [6.45, 7) is 6.43. The van der Waals surface area contributed by atoms with E-state index < -0.39 is 0 Å². The first kappa shape index (κ1) is 29.2. The third kappa shape index (κ3) is 8.87. The molecule has 0 spiro atoms. The van der Waals surface area contributed by atoms with E-state index in [0.717, 1.165) is 22.6 Å². The molecule has 208 valence electrons. The van der Waals surface area contributed by atoms with Crippen molar-refractivity contribution in [2.24, 2.45) is 16.6 Å². The third-order valence-corrected chi connectivity index (χ3v) is 6.07. The summed E-state index contributed by atoms with van der Waals surface area (Å²) in [6.07, 6.45) is 4.55. The van der Waals surface area contributed by atoms with Gasteiger partial charge < -0.3 is 25.1 Å². The van der Waals surface area contributed by atoms with Crippen LogP contribution in [0.15, 0.2) is 59.9 Å². The Hall–Kier alpha value is -4.34. The van der Waals surface area contributed by atoms with E-state index in [9.17, 15) is 9.59 Å². The predicted octanol–water partition coefficient (Wildman–Crippen LogP) is 3.29. The van der Waals surface area contributed by atoms with Crippen molar-refractivity contribution in [3.8, 4) is 17.2 Å². The first-order chi connectivity index (χ1) is 18.7. The van der Waals surface area contributed by atoms with Crippen molar-refractivity contribution in [2.45, 2.75) is 52.6 Å². The smallest absolute Gasteiger partial charge is 0.231 e. The molecule has 2 amide bonds. The summed E-state index contributed by atoms with van der Waals surface area (Å²) in [4.78, 5) is 34.1. The standard InChI is InChI=1S/C29H38N6O4/c1-19(2)13-23(33-29(30)34-28(37)16-21-9-10-25(38-4)26(15-21)39-5)17-27(36)32-18-22-7-6-8-24(14-22)35-12-11-31-20(35)3/h6-12,14-15,19,23H,13,16-18H2,1-5H3,(H,32,36)(H3,30,33,34,37)/t23-/m1/s1. The summed E-state index contributed by atoms with van der Waals surface area (Å²) < 4.78 is 12.5. The number of carbonyl (C=O) groups is 2. The van der Waals surface area contributed by atoms with Gasteiger partial charge in [-0.05, 0) is 54.7 Å². The molecular weight excluding hydrogens is 496 g/mol. The predicted molar refractivity (Wildman–Crippen MR) is 151 cm³/mol. The number of rotatable bonds is 12. The number of aryl methyl sites for hydroxylation is 1. The van der Waals surface area contributed by atoms with Crippen LogP contribution in [0.5, 0.6) is 11.5 Å². The van der Waals surface area contributed by atoms with Crippen LogP contribution in [0, 0.1) is 12.8 Å². The number of hydrogen-bond donors (Lipinski definition) is 3. The topological polar surface area (TPSA) is 133 Å². The molecule has 3 aromatic rings. The van der Waals surface area contributed by atoms with Crippen LogP contribution in [-0.2, 0) is 22.6 Å². The van der Waals surface area contributed by atoms with Crippen LogP contribution < -0.4 is 25.8 Å². The minimum absolute atomic E-state index is 0.0117. The van der Waals surface area contributed by atoms with Crippen LogP contribution in [0.2, 0.25) is 0 Å². The molecule has 0 radical (unpaired) electrons. The molecule has 0 aliphatic heterocycles. The van der Waals surface area contributed by atoms with Gasteiger partial charge in [0.15, 0.2) is 17.5 Å². The van der Waals surface area contributed by atoms with Gasteiger partial charge in [-0.15, -0.1) is 0 Å². The maximum atomic E-state index is 12.8. The summed E-state index contributed by atoms with van der Waals surface area (Å²) in [5.41, 5.74) is 8.75. The number of ether oxygens (including phenoxy) is 2. The molecule has 0 fully saturated rings. The lowest BCUT2D eigenvalue weighted by Gasteiger charge is -2.16. The highest BCUT2D eigenvalue weighted by atomic mass is 16.5. The second-order valence-corrected chi connectivity index (χ2v) is 9.71. The molecule has 0 aliphatic rings. The maximum absolute atomic E-state index is 12.8. The van der Waals surface area contributed by atoms with Crippen LogP contribution in [0.3, 0.4) is 0 Å². The van der Waals surface area contributed by atoms with Crippen molar-refractivity contribution in [3.63, 3.8) is 0 Å². The fraction of sp³-hybridized carbons (Fsp3) is 0.379. The SMILES string of the molecule is COc1ccc(CC(=O)NC(N)=N[C@@H](CC(=O)NCc2cccc(-n3ccnc3C)c2)CC(C)C)cc1OC. The zero-order valence-corrected chi connectivity index (χ0v) is 23.2. The Labute approximate surface area is 229 Å². The quantitative estimate of drug-likeness (QED) is 0.241. The van der Waals surface area contributed by atoms with Gasteiger partial charge in [-0.2, -0.15) is 0 Å². The van der Waals surface area contributed by atoms with Crippen molar-refractivity contribution in [3.05, 3.63) is 71.8 Å². The van der Waals surface area contributed by atoms with Gasteiger partial charge in [-0.25, -0.2) is 9.98 Å². The van der Waals surface area contributed by atoms with Gasteiger partial charge in [0, 0.05) is 31.0 Å². The van der Waals surface area contributed by atoms with E-state index in [4.69, 9.17) is 15.2 Å². The molecule has 1 aromatic heterocycles. The van der Waals surface area contributed by atoms with Gasteiger partial charge in [-0.3, -0.25) is 14.9 Å². The van der Waals surface area contributed by atoms with Gasteiger partial charge in [-0.1, -0.05) is 32.0 Å². The lowest BCUT2D eigenvalue weighted by molar-refractivity contribution is -0.121. The second kappa shape index (κ2) is 14.0. The highest BCUT2D eigenvalue weighted by Crippen LogP contribution is 2.27. The van der Waals surface area contributed by atoms with Crippen LogP contribution in [0.1, 0.15) is 43.6 Å². The minimum Gasteiger partial charge on any atom is -0.493 e. The minimum atomic E-state index is -0.369. The van der Waals surface area contributed by atoms with Crippen molar-refractivity contribution in [1.82, 2.24) is 20.2 Å². The molecule has 1 heterocycles. The number of methoxy groups -OCH3 is 2. The van der Waals surface area contributed by atoms with Gasteiger partial charge in [0.2, 0.25) is 11.8 Å². The van der Waals surface area contributed by atoms with Crippen molar-refractivity contribution in [2.75, 3.05) is 14.2 Å². The maximum Gasteiger partial charge on any atom is 0.231 e. The fourth-order valence-corrected chi connectivity index (χ4v) is 4.27. The van der Waals surface area contributed by atoms with E-state index >= 15 is 0 Å². The van der Waals surface area contributed by atoms with Gasteiger partial charge in [0.1, 0.15) is 5.82 Å². The summed E-state index contributed by atoms with van der Waals surface area (Å²) >= 11 is 0. The van der Waals surface area contributed by atoms with Crippen LogP contribution in [-0.4, -0.2) is 47.6 Å². The number of aliphatic imine (C=N–C) groups is 1. The van der Waals surface area contributed by atoms with E-state index in [1.807, 2.05) is 42.0 Å². The largest absolute Gasteiger partial charge is 0.493 e. The molecule has 1 atom stereocenters. The Kier molecular flexibility index (Phi) is 10.5. The van der Waals surface area contributed by atoms with Gasteiger partial charge in [0.05, 0.1) is 26.7 Å². The Balaban J connectivity index is 1.57. The average Bonchev–Trinajstić information content (AvgIpc) is 3.32. The number of nitrogens with two attached hydrogens (primary N) is 1. The summed E-state index contributed by atoms with van der Waals surface area (Å²) in [7, 11) is 3.09. The number of hydrogen-bond acceptors (Lipinski definition) is 6. The van der Waals surface area contributed by atoms with Crippen LogP contribution in [0.25, 0.3) is 5.69 Å². The highest BCUT2D eigenvalue weighted by Gasteiger charge is 2.17. The van der Waals surface area contributed by atoms with Gasteiger partial charge in [0.25, 0.3) is 0 Å². The Morgan fingerprint density at radius 1 is 1.05 bits per heavy atom. The molecule has 0 bridgehead atoms. The number of carbonyl (C=O) groups excluding carboxylic acids is 2. The number of nitrogens with one attached hydrogen (secondary N) is 2. The highest BCUT2D eigenvalue weighted by molar-refractivity contribution is 5.97. The molecular formula is C29H38N6O4. The van der Waals surface area contributed by atoms with Crippen molar-refractivity contribution in [1.29, 1.82) is 0 Å². The summed E-state index contributed by atoms with van der Waals surface area (Å²) in [6, 6.07) is 12.8. The zero-order valence-electron chi connectivity index (χ0n) is 23.2. The monoisotopic (exact) mass is 534 g/mol.